The third-order valence-corrected chi connectivity index (χ3v) is 6.35. The molecule has 3 amide bonds. The van der Waals surface area contributed by atoms with Gasteiger partial charge in [0, 0.05) is 70.8 Å². The fraction of sp³-hybridized carbons (Fsp3) is 0.478. The summed E-state index contributed by atoms with van der Waals surface area (Å²) in [7, 11) is 3.18. The number of hydrogen-bond donors (Lipinski definition) is 1. The molecule has 0 spiro atoms. The number of piperazine rings is 1. The van der Waals surface area contributed by atoms with E-state index >= 15 is 0 Å². The molecule has 10 nitrogen and oxygen atoms in total. The summed E-state index contributed by atoms with van der Waals surface area (Å²) in [4.78, 5) is 46.8. The lowest BCUT2D eigenvalue weighted by Crippen LogP contribution is -2.50. The summed E-state index contributed by atoms with van der Waals surface area (Å²) in [6.45, 7) is 4.62. The first kappa shape index (κ1) is 25.4. The van der Waals surface area contributed by atoms with E-state index in [1.165, 1.54) is 18.3 Å². The van der Waals surface area contributed by atoms with E-state index in [0.29, 0.717) is 50.2 Å². The Kier molecular flexibility index (Phi) is 9.23. The van der Waals surface area contributed by atoms with Crippen molar-refractivity contribution < 1.29 is 23.9 Å². The number of amides is 3. The van der Waals surface area contributed by atoms with Gasteiger partial charge < -0.3 is 29.5 Å². The molecule has 11 heteroatoms. The summed E-state index contributed by atoms with van der Waals surface area (Å²) in [5.41, 5.74) is 1.15. The second-order valence-corrected chi connectivity index (χ2v) is 8.67. The van der Waals surface area contributed by atoms with Crippen molar-refractivity contribution in [3.63, 3.8) is 0 Å². The van der Waals surface area contributed by atoms with Crippen molar-refractivity contribution >= 4 is 39.9 Å². The van der Waals surface area contributed by atoms with Crippen LogP contribution in [-0.4, -0.2) is 97.5 Å². The molecular weight excluding hydrogens is 458 g/mol. The van der Waals surface area contributed by atoms with E-state index < -0.39 is 0 Å². The number of benzene rings is 1. The highest BCUT2D eigenvalue weighted by Gasteiger charge is 2.24. The average molecular weight is 490 g/mol. The number of thiazole rings is 1. The summed E-state index contributed by atoms with van der Waals surface area (Å²) in [5, 5.41) is 5.49. The Morgan fingerprint density at radius 1 is 1.06 bits per heavy atom. The Morgan fingerprint density at radius 3 is 2.35 bits per heavy atom. The molecule has 1 aromatic heterocycles. The number of carbonyl (C=O) groups is 3. The zero-order valence-corrected chi connectivity index (χ0v) is 20.6. The predicted molar refractivity (Wildman–Crippen MR) is 130 cm³/mol. The second-order valence-electron chi connectivity index (χ2n) is 7.81. The maximum atomic E-state index is 13.1. The molecular formula is C23H31N5O5S. The van der Waals surface area contributed by atoms with Crippen LogP contribution >= 0.6 is 11.3 Å². The number of rotatable bonds is 10. The lowest BCUT2D eigenvalue weighted by atomic mass is 10.2. The van der Waals surface area contributed by atoms with Gasteiger partial charge in [-0.1, -0.05) is 0 Å². The van der Waals surface area contributed by atoms with E-state index in [1.54, 1.807) is 34.3 Å². The topological polar surface area (TPSA) is 104 Å². The minimum Gasteiger partial charge on any atom is -0.497 e. The number of nitrogens with one attached hydrogen (secondary N) is 1. The van der Waals surface area contributed by atoms with Crippen molar-refractivity contribution in [2.45, 2.75) is 13.3 Å². The minimum atomic E-state index is -0.245. The fourth-order valence-electron chi connectivity index (χ4n) is 3.57. The van der Waals surface area contributed by atoms with E-state index in [1.807, 2.05) is 24.3 Å². The molecule has 1 aliphatic rings. The molecule has 2 aromatic rings. The van der Waals surface area contributed by atoms with Gasteiger partial charge in [-0.2, -0.15) is 0 Å². The van der Waals surface area contributed by atoms with Crippen LogP contribution in [0.2, 0.25) is 0 Å². The van der Waals surface area contributed by atoms with Gasteiger partial charge >= 0.3 is 0 Å². The van der Waals surface area contributed by atoms with Crippen LogP contribution in [0.3, 0.4) is 0 Å². The van der Waals surface area contributed by atoms with Crippen LogP contribution in [-0.2, 0) is 14.3 Å². The molecule has 1 aromatic carbocycles. The first-order valence-corrected chi connectivity index (χ1v) is 12.0. The zero-order valence-electron chi connectivity index (χ0n) is 19.8. The molecule has 0 radical (unpaired) electrons. The van der Waals surface area contributed by atoms with Crippen molar-refractivity contribution in [1.29, 1.82) is 0 Å². The van der Waals surface area contributed by atoms with Gasteiger partial charge in [-0.25, -0.2) is 4.98 Å². The smallest absolute Gasteiger partial charge is 0.273 e. The molecule has 1 aliphatic heterocycles. The maximum Gasteiger partial charge on any atom is 0.273 e. The van der Waals surface area contributed by atoms with Crippen molar-refractivity contribution in [3.05, 3.63) is 35.3 Å². The second kappa shape index (κ2) is 12.3. The molecule has 0 aliphatic carbocycles. The molecule has 1 N–H and O–H groups in total. The Morgan fingerprint density at radius 2 is 1.74 bits per heavy atom. The van der Waals surface area contributed by atoms with Crippen LogP contribution in [0.4, 0.5) is 10.8 Å². The van der Waals surface area contributed by atoms with Crippen molar-refractivity contribution in [1.82, 2.24) is 19.7 Å². The molecule has 2 heterocycles. The predicted octanol–water partition coefficient (Wildman–Crippen LogP) is 2.06. The van der Waals surface area contributed by atoms with Gasteiger partial charge in [0.05, 0.1) is 13.7 Å². The number of carbonyl (C=O) groups excluding carboxylic acids is 3. The number of nitrogens with zero attached hydrogens (tertiary/aromatic N) is 4. The third kappa shape index (κ3) is 6.91. The monoisotopic (exact) mass is 489 g/mol. The van der Waals surface area contributed by atoms with Crippen molar-refractivity contribution in [2.24, 2.45) is 0 Å². The highest BCUT2D eigenvalue weighted by molar-refractivity contribution is 7.14. The third-order valence-electron chi connectivity index (χ3n) is 5.59. The Labute approximate surface area is 203 Å². The molecule has 0 bridgehead atoms. The Balaban J connectivity index is 1.57. The number of anilines is 2. The molecule has 0 atom stereocenters. The van der Waals surface area contributed by atoms with Gasteiger partial charge in [0.1, 0.15) is 11.4 Å². The van der Waals surface area contributed by atoms with Crippen LogP contribution in [0.1, 0.15) is 23.8 Å². The van der Waals surface area contributed by atoms with Gasteiger partial charge in [0.15, 0.2) is 5.13 Å². The van der Waals surface area contributed by atoms with Crippen molar-refractivity contribution in [3.8, 4) is 5.75 Å². The van der Waals surface area contributed by atoms with Crippen LogP contribution in [0.5, 0.6) is 5.75 Å². The first-order valence-electron chi connectivity index (χ1n) is 11.1. The molecule has 0 saturated carbocycles. The molecule has 0 unspecified atom stereocenters. The summed E-state index contributed by atoms with van der Waals surface area (Å²) in [6, 6.07) is 7.42. The van der Waals surface area contributed by atoms with E-state index in [4.69, 9.17) is 9.47 Å². The first-order chi connectivity index (χ1) is 16.4. The van der Waals surface area contributed by atoms with E-state index in [-0.39, 0.29) is 30.7 Å². The molecule has 34 heavy (non-hydrogen) atoms. The molecule has 1 saturated heterocycles. The Bertz CT molecular complexity index is 972. The summed E-state index contributed by atoms with van der Waals surface area (Å²) in [5.74, 6) is 0.501. The van der Waals surface area contributed by atoms with E-state index in [9.17, 15) is 14.4 Å². The number of hydrogen-bond acceptors (Lipinski definition) is 8. The minimum absolute atomic E-state index is 0.0209. The van der Waals surface area contributed by atoms with Crippen LogP contribution in [0.15, 0.2) is 29.6 Å². The van der Waals surface area contributed by atoms with Crippen LogP contribution in [0.25, 0.3) is 0 Å². The van der Waals surface area contributed by atoms with Gasteiger partial charge in [-0.3, -0.25) is 14.4 Å². The molecule has 1 fully saturated rings. The van der Waals surface area contributed by atoms with Crippen LogP contribution in [0, 0.1) is 0 Å². The summed E-state index contributed by atoms with van der Waals surface area (Å²) < 4.78 is 10.3. The normalized spacial score (nSPS) is 13.5. The number of aromatic nitrogens is 1. The number of ether oxygens (including phenoxy) is 2. The quantitative estimate of drug-likeness (QED) is 0.545. The fourth-order valence-corrected chi connectivity index (χ4v) is 4.27. The van der Waals surface area contributed by atoms with Crippen molar-refractivity contribution in [2.75, 3.05) is 65.4 Å². The average Bonchev–Trinajstić information content (AvgIpc) is 3.32. The van der Waals surface area contributed by atoms with E-state index in [2.05, 4.69) is 10.3 Å². The maximum absolute atomic E-state index is 13.1. The Hall–Kier alpha value is -3.18. The largest absolute Gasteiger partial charge is 0.497 e. The summed E-state index contributed by atoms with van der Waals surface area (Å²) in [6.07, 6.45) is 0.205. The van der Waals surface area contributed by atoms with Crippen LogP contribution < -0.4 is 10.1 Å². The van der Waals surface area contributed by atoms with Gasteiger partial charge in [0.25, 0.3) is 5.91 Å². The zero-order chi connectivity index (χ0) is 24.5. The summed E-state index contributed by atoms with van der Waals surface area (Å²) >= 11 is 1.33. The lowest BCUT2D eigenvalue weighted by molar-refractivity contribution is -0.138. The standard InChI is InChI=1S/C23H31N5O5S/c1-17(29)26-10-12-27(13-11-26)21(30)8-9-28(14-15-32-2)22(31)20-16-34-23(25-20)24-18-4-6-19(33-3)7-5-18/h4-7,16H,8-15H2,1-3H3,(H,24,25). The molecule has 3 rings (SSSR count). The van der Waals surface area contributed by atoms with E-state index in [0.717, 1.165) is 11.4 Å². The highest BCUT2D eigenvalue weighted by atomic mass is 32.1. The van der Waals surface area contributed by atoms with Gasteiger partial charge in [-0.05, 0) is 24.3 Å². The lowest BCUT2D eigenvalue weighted by Gasteiger charge is -2.34. The van der Waals surface area contributed by atoms with Gasteiger partial charge in [-0.15, -0.1) is 11.3 Å². The van der Waals surface area contributed by atoms with Gasteiger partial charge in [0.2, 0.25) is 11.8 Å². The highest BCUT2D eigenvalue weighted by Crippen LogP contribution is 2.23. The molecule has 184 valence electrons. The number of methoxy groups -OCH3 is 2. The SMILES string of the molecule is COCCN(CCC(=O)N1CCN(C(C)=O)CC1)C(=O)c1csc(Nc2ccc(OC)cc2)n1.